The Balaban J connectivity index is 3.81. The van der Waals surface area contributed by atoms with E-state index in [4.69, 9.17) is 0 Å². The minimum atomic E-state index is -0.214. The topological polar surface area (TPSA) is 53.9 Å². The second-order valence-corrected chi connectivity index (χ2v) is 2.52. The van der Waals surface area contributed by atoms with E-state index < -0.39 is 0 Å². The molecule has 0 amide bonds. The molecule has 0 bridgehead atoms. The molecular weight excluding hydrogens is 130 g/mol. The summed E-state index contributed by atoms with van der Waals surface area (Å²) in [5, 5.41) is 0. The zero-order valence-corrected chi connectivity index (χ0v) is 6.89. The molecular formula is C7H16NO2+. The Bertz CT molecular complexity index is 114. The standard InChI is InChI=1S/C7H15NO2/c1-4-5(2)6(8)7(9)10-3/h5-6H,4,8H2,1-3H3/p+1/t5-,6-/m0/s1. The summed E-state index contributed by atoms with van der Waals surface area (Å²) in [5.41, 5.74) is 3.70. The molecule has 3 N–H and O–H groups in total. The summed E-state index contributed by atoms with van der Waals surface area (Å²) in [5.74, 6) is 0.0989. The van der Waals surface area contributed by atoms with Gasteiger partial charge < -0.3 is 10.5 Å². The summed E-state index contributed by atoms with van der Waals surface area (Å²) in [4.78, 5) is 10.8. The first-order valence-corrected chi connectivity index (χ1v) is 3.54. The molecule has 0 unspecified atom stereocenters. The van der Waals surface area contributed by atoms with Gasteiger partial charge in [0, 0.05) is 5.92 Å². The molecule has 2 atom stereocenters. The molecule has 0 rings (SSSR count). The largest absolute Gasteiger partial charge is 0.465 e. The van der Waals surface area contributed by atoms with Gasteiger partial charge in [0.1, 0.15) is 0 Å². The predicted octanol–water partition coefficient (Wildman–Crippen LogP) is -0.184. The van der Waals surface area contributed by atoms with E-state index in [1.54, 1.807) is 0 Å². The fourth-order valence-corrected chi connectivity index (χ4v) is 0.668. The molecule has 0 spiro atoms. The summed E-state index contributed by atoms with van der Waals surface area (Å²) in [6.45, 7) is 4.03. The third-order valence-corrected chi connectivity index (χ3v) is 1.83. The summed E-state index contributed by atoms with van der Waals surface area (Å²) >= 11 is 0. The fourth-order valence-electron chi connectivity index (χ4n) is 0.668. The van der Waals surface area contributed by atoms with Crippen LogP contribution in [0.5, 0.6) is 0 Å². The number of hydrogen-bond donors (Lipinski definition) is 1. The molecule has 0 radical (unpaired) electrons. The Kier molecular flexibility index (Phi) is 4.03. The van der Waals surface area contributed by atoms with Crippen LogP contribution >= 0.6 is 0 Å². The van der Waals surface area contributed by atoms with Gasteiger partial charge in [0.05, 0.1) is 7.11 Å². The summed E-state index contributed by atoms with van der Waals surface area (Å²) < 4.78 is 4.53. The van der Waals surface area contributed by atoms with Gasteiger partial charge in [-0.3, -0.25) is 0 Å². The van der Waals surface area contributed by atoms with Gasteiger partial charge >= 0.3 is 5.97 Å². The van der Waals surface area contributed by atoms with Crippen molar-refractivity contribution in [3.63, 3.8) is 0 Å². The van der Waals surface area contributed by atoms with E-state index in [9.17, 15) is 4.79 Å². The lowest BCUT2D eigenvalue weighted by atomic mass is 10.0. The molecule has 0 saturated carbocycles. The highest BCUT2D eigenvalue weighted by Crippen LogP contribution is 2.04. The number of ether oxygens (including phenoxy) is 1. The van der Waals surface area contributed by atoms with Crippen LogP contribution < -0.4 is 5.73 Å². The highest BCUT2D eigenvalue weighted by atomic mass is 16.5. The lowest BCUT2D eigenvalue weighted by Gasteiger charge is -2.11. The van der Waals surface area contributed by atoms with Gasteiger partial charge in [0.25, 0.3) is 0 Å². The van der Waals surface area contributed by atoms with Gasteiger partial charge in [0.2, 0.25) is 0 Å². The van der Waals surface area contributed by atoms with E-state index in [2.05, 4.69) is 10.5 Å². The summed E-state index contributed by atoms with van der Waals surface area (Å²) in [6.07, 6.45) is 0.962. The summed E-state index contributed by atoms with van der Waals surface area (Å²) in [6, 6.07) is -0.213. The van der Waals surface area contributed by atoms with E-state index in [0.717, 1.165) is 6.42 Å². The Labute approximate surface area is 61.5 Å². The molecule has 0 aromatic rings. The first-order valence-electron chi connectivity index (χ1n) is 3.54. The number of esters is 1. The molecule has 0 aromatic heterocycles. The molecule has 0 aliphatic carbocycles. The zero-order valence-electron chi connectivity index (χ0n) is 6.89. The molecule has 0 aromatic carbocycles. The van der Waals surface area contributed by atoms with Crippen molar-refractivity contribution in [1.29, 1.82) is 0 Å². The molecule has 0 heterocycles. The third kappa shape index (κ3) is 2.35. The first kappa shape index (κ1) is 9.43. The monoisotopic (exact) mass is 146 g/mol. The van der Waals surface area contributed by atoms with Crippen LogP contribution in [-0.2, 0) is 9.53 Å². The molecule has 0 aliphatic rings. The van der Waals surface area contributed by atoms with Crippen molar-refractivity contribution in [2.75, 3.05) is 7.11 Å². The van der Waals surface area contributed by atoms with Crippen LogP contribution in [0.1, 0.15) is 20.3 Å². The maximum absolute atomic E-state index is 10.8. The second-order valence-electron chi connectivity index (χ2n) is 2.52. The molecule has 60 valence electrons. The van der Waals surface area contributed by atoms with Gasteiger partial charge in [-0.15, -0.1) is 0 Å². The van der Waals surface area contributed by atoms with Crippen LogP contribution in [0.25, 0.3) is 0 Å². The molecule has 0 saturated heterocycles. The molecule has 10 heavy (non-hydrogen) atoms. The van der Waals surface area contributed by atoms with Crippen molar-refractivity contribution in [1.82, 2.24) is 0 Å². The van der Waals surface area contributed by atoms with Gasteiger partial charge in [-0.05, 0) is 6.42 Å². The highest BCUT2D eigenvalue weighted by Gasteiger charge is 2.23. The summed E-state index contributed by atoms with van der Waals surface area (Å²) in [7, 11) is 1.39. The van der Waals surface area contributed by atoms with E-state index in [1.165, 1.54) is 7.11 Å². The maximum atomic E-state index is 10.8. The minimum absolute atomic E-state index is 0.213. The lowest BCUT2D eigenvalue weighted by Crippen LogP contribution is -2.68. The number of hydrogen-bond acceptors (Lipinski definition) is 2. The van der Waals surface area contributed by atoms with Gasteiger partial charge in [-0.2, -0.15) is 0 Å². The van der Waals surface area contributed by atoms with Crippen molar-refractivity contribution < 1.29 is 15.3 Å². The zero-order chi connectivity index (χ0) is 8.15. The maximum Gasteiger partial charge on any atom is 0.364 e. The lowest BCUT2D eigenvalue weighted by molar-refractivity contribution is -0.419. The van der Waals surface area contributed by atoms with E-state index in [-0.39, 0.29) is 12.0 Å². The van der Waals surface area contributed by atoms with E-state index in [1.807, 2.05) is 13.8 Å². The number of quaternary nitrogens is 1. The third-order valence-electron chi connectivity index (χ3n) is 1.83. The van der Waals surface area contributed by atoms with Crippen LogP contribution in [0.3, 0.4) is 0 Å². The smallest absolute Gasteiger partial charge is 0.364 e. The second kappa shape index (κ2) is 4.28. The Morgan fingerprint density at radius 3 is 2.50 bits per heavy atom. The number of methoxy groups -OCH3 is 1. The average Bonchev–Trinajstić information content (AvgIpc) is 2.00. The van der Waals surface area contributed by atoms with Crippen LogP contribution in [0.15, 0.2) is 0 Å². The number of carbonyl (C=O) groups is 1. The van der Waals surface area contributed by atoms with Gasteiger partial charge in [-0.1, -0.05) is 13.8 Å². The Morgan fingerprint density at radius 1 is 1.70 bits per heavy atom. The quantitative estimate of drug-likeness (QED) is 0.561. The van der Waals surface area contributed by atoms with Crippen LogP contribution in [0, 0.1) is 5.92 Å². The van der Waals surface area contributed by atoms with Crippen molar-refractivity contribution in [3.05, 3.63) is 0 Å². The van der Waals surface area contributed by atoms with Crippen LogP contribution in [0.2, 0.25) is 0 Å². The van der Waals surface area contributed by atoms with Crippen molar-refractivity contribution >= 4 is 5.97 Å². The predicted molar refractivity (Wildman–Crippen MR) is 38.1 cm³/mol. The van der Waals surface area contributed by atoms with Crippen molar-refractivity contribution in [2.24, 2.45) is 5.92 Å². The minimum Gasteiger partial charge on any atom is -0.465 e. The highest BCUT2D eigenvalue weighted by molar-refractivity contribution is 5.74. The van der Waals surface area contributed by atoms with Gasteiger partial charge in [0.15, 0.2) is 6.04 Å². The van der Waals surface area contributed by atoms with E-state index in [0.29, 0.717) is 5.92 Å². The molecule has 0 aliphatic heterocycles. The average molecular weight is 146 g/mol. The molecule has 3 heteroatoms. The first-order chi connectivity index (χ1) is 4.63. The van der Waals surface area contributed by atoms with Gasteiger partial charge in [-0.25, -0.2) is 4.79 Å². The number of carbonyl (C=O) groups excluding carboxylic acids is 1. The Hall–Kier alpha value is -0.570. The van der Waals surface area contributed by atoms with Crippen molar-refractivity contribution in [2.45, 2.75) is 26.3 Å². The van der Waals surface area contributed by atoms with E-state index >= 15 is 0 Å². The van der Waals surface area contributed by atoms with Crippen LogP contribution in [-0.4, -0.2) is 19.1 Å². The SMILES string of the molecule is CC[C@H](C)[C@H]([NH3+])C(=O)OC. The van der Waals surface area contributed by atoms with Crippen molar-refractivity contribution in [3.8, 4) is 0 Å². The Morgan fingerprint density at radius 2 is 2.20 bits per heavy atom. The number of rotatable bonds is 3. The molecule has 3 nitrogen and oxygen atoms in total. The normalized spacial score (nSPS) is 16.0. The fraction of sp³-hybridized carbons (Fsp3) is 0.857. The van der Waals surface area contributed by atoms with Crippen LogP contribution in [0.4, 0.5) is 0 Å². The molecule has 0 fully saturated rings.